The number of carboxylic acid groups (broad SMARTS) is 1. The van der Waals surface area contributed by atoms with Crippen molar-refractivity contribution in [3.8, 4) is 0 Å². The van der Waals surface area contributed by atoms with Crippen molar-refractivity contribution >= 4 is 12.0 Å². The minimum Gasteiger partial charge on any atom is -0.478 e. The van der Waals surface area contributed by atoms with E-state index in [1.165, 1.54) is 0 Å². The summed E-state index contributed by atoms with van der Waals surface area (Å²) in [6, 6.07) is -0.236. The van der Waals surface area contributed by atoms with Crippen LogP contribution in [0, 0.1) is 17.5 Å². The van der Waals surface area contributed by atoms with Crippen LogP contribution in [0.3, 0.4) is 0 Å². The maximum Gasteiger partial charge on any atom is 0.419 e. The highest BCUT2D eigenvalue weighted by Gasteiger charge is 2.37. The third-order valence-corrected chi connectivity index (χ3v) is 1.89. The lowest BCUT2D eigenvalue weighted by molar-refractivity contribution is -0.140. The van der Waals surface area contributed by atoms with Gasteiger partial charge in [-0.3, -0.25) is 0 Å². The van der Waals surface area contributed by atoms with Crippen LogP contribution in [0.25, 0.3) is 6.08 Å². The van der Waals surface area contributed by atoms with Crippen LogP contribution in [0.5, 0.6) is 0 Å². The zero-order valence-electron chi connectivity index (χ0n) is 8.36. The van der Waals surface area contributed by atoms with Crippen LogP contribution in [-0.4, -0.2) is 11.1 Å². The molecule has 0 aliphatic rings. The molecule has 1 aromatic rings. The van der Waals surface area contributed by atoms with E-state index in [2.05, 4.69) is 0 Å². The third kappa shape index (κ3) is 2.82. The van der Waals surface area contributed by atoms with Crippen LogP contribution < -0.4 is 0 Å². The van der Waals surface area contributed by atoms with Crippen molar-refractivity contribution in [2.45, 2.75) is 6.18 Å². The van der Waals surface area contributed by atoms with Gasteiger partial charge in [-0.25, -0.2) is 18.0 Å². The molecule has 0 saturated carbocycles. The molecule has 98 valence electrons. The van der Waals surface area contributed by atoms with E-state index in [9.17, 15) is 31.1 Å². The van der Waals surface area contributed by atoms with Crippen LogP contribution in [0.2, 0.25) is 0 Å². The Morgan fingerprint density at radius 3 is 2.17 bits per heavy atom. The summed E-state index contributed by atoms with van der Waals surface area (Å²) in [5.41, 5.74) is -3.28. The molecule has 0 heterocycles. The first kappa shape index (κ1) is 14.1. The Morgan fingerprint density at radius 2 is 1.72 bits per heavy atom. The normalized spacial score (nSPS) is 12.1. The highest BCUT2D eigenvalue weighted by atomic mass is 19.4. The second kappa shape index (κ2) is 4.71. The fourth-order valence-corrected chi connectivity index (χ4v) is 1.12. The summed E-state index contributed by atoms with van der Waals surface area (Å²) in [4.78, 5) is 10.1. The molecule has 0 saturated heterocycles. The molecular formula is C10H4F6O2. The highest BCUT2D eigenvalue weighted by molar-refractivity contribution is 5.85. The van der Waals surface area contributed by atoms with Gasteiger partial charge in [-0.15, -0.1) is 0 Å². The van der Waals surface area contributed by atoms with Gasteiger partial charge < -0.3 is 5.11 Å². The lowest BCUT2D eigenvalue weighted by atomic mass is 10.1. The van der Waals surface area contributed by atoms with Crippen LogP contribution in [0.1, 0.15) is 11.1 Å². The molecule has 1 N–H and O–H groups in total. The Bertz CT molecular complexity index is 518. The predicted molar refractivity (Wildman–Crippen MR) is 48.0 cm³/mol. The second-order valence-corrected chi connectivity index (χ2v) is 3.12. The van der Waals surface area contributed by atoms with E-state index in [1.54, 1.807) is 0 Å². The maximum atomic E-state index is 13.1. The van der Waals surface area contributed by atoms with E-state index >= 15 is 0 Å². The van der Waals surface area contributed by atoms with Crippen molar-refractivity contribution in [3.63, 3.8) is 0 Å². The van der Waals surface area contributed by atoms with E-state index in [4.69, 9.17) is 5.11 Å². The van der Waals surface area contributed by atoms with E-state index in [1.807, 2.05) is 0 Å². The Morgan fingerprint density at radius 1 is 1.17 bits per heavy atom. The standard InChI is InChI=1S/C10H4F6O2/c11-6-3-5(10(14,15)16)9(13)8(12)4(6)1-2-7(17)18/h1-3H,(H,17,18)/b2-1+. The van der Waals surface area contributed by atoms with E-state index < -0.39 is 40.7 Å². The van der Waals surface area contributed by atoms with Gasteiger partial charge in [-0.1, -0.05) is 0 Å². The smallest absolute Gasteiger partial charge is 0.419 e. The van der Waals surface area contributed by atoms with Crippen LogP contribution >= 0.6 is 0 Å². The van der Waals surface area contributed by atoms with Crippen molar-refractivity contribution < 1.29 is 36.2 Å². The quantitative estimate of drug-likeness (QED) is 0.509. The number of carbonyl (C=O) groups is 1. The Hall–Kier alpha value is -1.99. The molecule has 0 aliphatic heterocycles. The monoisotopic (exact) mass is 270 g/mol. The first-order chi connectivity index (χ1) is 8.14. The van der Waals surface area contributed by atoms with Gasteiger partial charge in [0.15, 0.2) is 11.6 Å². The number of carboxylic acids is 1. The lowest BCUT2D eigenvalue weighted by Crippen LogP contribution is -2.12. The summed E-state index contributed by atoms with van der Waals surface area (Å²) in [5.74, 6) is -7.68. The Labute approximate surface area is 96.2 Å². The fourth-order valence-electron chi connectivity index (χ4n) is 1.12. The molecule has 0 bridgehead atoms. The van der Waals surface area contributed by atoms with Crippen LogP contribution in [0.15, 0.2) is 12.1 Å². The molecule has 0 atom stereocenters. The minimum atomic E-state index is -5.25. The van der Waals surface area contributed by atoms with Crippen molar-refractivity contribution in [3.05, 3.63) is 40.7 Å². The molecule has 18 heavy (non-hydrogen) atoms. The molecule has 0 aliphatic carbocycles. The molecule has 1 aromatic carbocycles. The van der Waals surface area contributed by atoms with Gasteiger partial charge in [0.25, 0.3) is 0 Å². The topological polar surface area (TPSA) is 37.3 Å². The van der Waals surface area contributed by atoms with Crippen molar-refractivity contribution in [1.29, 1.82) is 0 Å². The predicted octanol–water partition coefficient (Wildman–Crippen LogP) is 3.22. The van der Waals surface area contributed by atoms with E-state index in [0.717, 1.165) is 0 Å². The molecule has 0 amide bonds. The lowest BCUT2D eigenvalue weighted by Gasteiger charge is -2.10. The van der Waals surface area contributed by atoms with E-state index in [-0.39, 0.29) is 12.1 Å². The van der Waals surface area contributed by atoms with Crippen LogP contribution in [0.4, 0.5) is 26.3 Å². The van der Waals surface area contributed by atoms with Gasteiger partial charge >= 0.3 is 12.1 Å². The number of benzene rings is 1. The zero-order valence-corrected chi connectivity index (χ0v) is 8.36. The number of aliphatic carboxylic acids is 1. The summed E-state index contributed by atoms with van der Waals surface area (Å²) < 4.78 is 75.8. The molecule has 8 heteroatoms. The summed E-state index contributed by atoms with van der Waals surface area (Å²) >= 11 is 0. The molecule has 0 unspecified atom stereocenters. The fraction of sp³-hybridized carbons (Fsp3) is 0.100. The average molecular weight is 270 g/mol. The molecule has 1 rings (SSSR count). The summed E-state index contributed by atoms with van der Waals surface area (Å²) in [6.45, 7) is 0. The Kier molecular flexibility index (Phi) is 3.68. The molecule has 0 radical (unpaired) electrons. The number of halogens is 6. The molecule has 0 aromatic heterocycles. The van der Waals surface area contributed by atoms with Gasteiger partial charge in [0.05, 0.1) is 5.56 Å². The van der Waals surface area contributed by atoms with E-state index in [0.29, 0.717) is 6.08 Å². The number of hydrogen-bond acceptors (Lipinski definition) is 1. The first-order valence-electron chi connectivity index (χ1n) is 4.30. The number of hydrogen-bond donors (Lipinski definition) is 1. The minimum absolute atomic E-state index is 0.236. The third-order valence-electron chi connectivity index (χ3n) is 1.89. The SMILES string of the molecule is O=C(O)/C=C/c1c(F)cc(C(F)(F)F)c(F)c1F. The largest absolute Gasteiger partial charge is 0.478 e. The van der Waals surface area contributed by atoms with Crippen molar-refractivity contribution in [2.75, 3.05) is 0 Å². The van der Waals surface area contributed by atoms with Gasteiger partial charge in [0, 0.05) is 11.6 Å². The molecular weight excluding hydrogens is 266 g/mol. The van der Waals surface area contributed by atoms with Crippen molar-refractivity contribution in [1.82, 2.24) is 0 Å². The maximum absolute atomic E-state index is 13.1. The van der Waals surface area contributed by atoms with Gasteiger partial charge in [0.2, 0.25) is 0 Å². The zero-order chi connectivity index (χ0) is 14.1. The number of rotatable bonds is 2. The van der Waals surface area contributed by atoms with Crippen molar-refractivity contribution in [2.24, 2.45) is 0 Å². The van der Waals surface area contributed by atoms with Crippen LogP contribution in [-0.2, 0) is 11.0 Å². The molecule has 0 fully saturated rings. The first-order valence-corrected chi connectivity index (χ1v) is 4.30. The van der Waals surface area contributed by atoms with Gasteiger partial charge in [0.1, 0.15) is 5.82 Å². The summed E-state index contributed by atoms with van der Waals surface area (Å²) in [6.07, 6.45) is -4.65. The number of alkyl halides is 3. The molecule has 2 nitrogen and oxygen atoms in total. The second-order valence-electron chi connectivity index (χ2n) is 3.12. The summed E-state index contributed by atoms with van der Waals surface area (Å²) in [7, 11) is 0. The summed E-state index contributed by atoms with van der Waals surface area (Å²) in [5, 5.41) is 8.20. The highest BCUT2D eigenvalue weighted by Crippen LogP contribution is 2.34. The Balaban J connectivity index is 3.43. The van der Waals surface area contributed by atoms with Gasteiger partial charge in [-0.05, 0) is 12.1 Å². The average Bonchev–Trinajstić information content (AvgIpc) is 2.21. The van der Waals surface area contributed by atoms with Gasteiger partial charge in [-0.2, -0.15) is 13.2 Å². The molecule has 0 spiro atoms.